The molecule has 2 fully saturated rings. The minimum absolute atomic E-state index is 0.0911. The third-order valence-corrected chi connectivity index (χ3v) is 16.8. The van der Waals surface area contributed by atoms with Crippen LogP contribution in [0.4, 0.5) is 0 Å². The number of carbonyl (C=O) groups excluding carboxylic acids is 13. The molecule has 572 valence electrons. The second-order valence-corrected chi connectivity index (χ2v) is 24.9. The van der Waals surface area contributed by atoms with Crippen molar-refractivity contribution >= 4 is 129 Å². The van der Waals surface area contributed by atoms with E-state index >= 15 is 14.4 Å². The summed E-state index contributed by atoms with van der Waals surface area (Å²) in [6, 6.07) is -3.50. The number of aliphatic hydroxyl groups is 2. The fraction of sp³-hybridized carbons (Fsp3) is 0.388. The number of para-hydroxylation sites is 2. The summed E-state index contributed by atoms with van der Waals surface area (Å²) in [5.41, 5.74) is 5.33. The minimum atomic E-state index is -2.74. The summed E-state index contributed by atoms with van der Waals surface area (Å²) in [6.45, 7) is 1.38. The molecule has 0 saturated carbocycles. The summed E-state index contributed by atoms with van der Waals surface area (Å²) in [6.07, 6.45) is -7.46. The molecular weight excluding hydrogens is 1420 g/mol. The van der Waals surface area contributed by atoms with Gasteiger partial charge >= 0.3 is 29.8 Å². The number of nitrogens with one attached hydrogen (secondary N) is 13. The fourth-order valence-corrected chi connectivity index (χ4v) is 11.2. The standard InChI is InChI=1S/C67H78N14O26/c1-4-9-44-55(107-44)66(104)77-43(27-82)61(99)80-51-29(3)106-67(105)42(20-32-25-70-37-13-8-6-11-35(32)37)76-62(100)50(28(2)18-46(85)86)79-65(103)53(54(93)56(68)94)78-45(84)26-71-57(95)39(21-47(87)88)75-64(102)52(30-14-16-33(83)17-15-30)81-60(98)41(23-49(91)92)73-59(97)40(22-48(89)90)72-58(96)38(74-63(51)101)19-31-24-69-36-12-7-5-10-34(31)36/h5-8,10-17,20,24-25,28-29,38-41,43-44,50-55,69-70,82-83,93H,4,9,18-19,21-23,26-27H2,1-3H3,(H2,68,94)(H,71,95)(H,72,96)(H,73,97)(H,74,101)(H,75,102)(H,76,100)(H,77,104)(H,78,84)(H,79,103)(H,80,99)(H,81,98)(H,85,86)(H,87,88)(H,89,90)(H,91,92)/b42-20+/t28?,29-,38-,39+,40+,41+,43+,44?,50+,51?,52+,53-,54?,55?/m1/s1. The summed E-state index contributed by atoms with van der Waals surface area (Å²) in [5, 5.41) is 96.2. The highest BCUT2D eigenvalue weighted by Crippen LogP contribution is 2.28. The van der Waals surface area contributed by atoms with Crippen molar-refractivity contribution in [1.82, 2.24) is 68.5 Å². The molecule has 2 aliphatic heterocycles. The van der Waals surface area contributed by atoms with Crippen molar-refractivity contribution < 1.29 is 127 Å². The predicted octanol–water partition coefficient (Wildman–Crippen LogP) is -5.21. The number of primary amides is 1. The Morgan fingerprint density at radius 2 is 1.19 bits per heavy atom. The molecule has 40 heteroatoms. The van der Waals surface area contributed by atoms with E-state index in [1.165, 1.54) is 12.4 Å². The largest absolute Gasteiger partial charge is 0.508 e. The quantitative estimate of drug-likeness (QED) is 0.0175. The van der Waals surface area contributed by atoms with Gasteiger partial charge in [0.2, 0.25) is 65.0 Å². The number of aliphatic carboxylic acids is 4. The Balaban J connectivity index is 1.39. The molecule has 0 radical (unpaired) electrons. The van der Waals surface area contributed by atoms with Crippen molar-refractivity contribution in [1.29, 1.82) is 0 Å². The lowest BCUT2D eigenvalue weighted by Crippen LogP contribution is -2.62. The molecule has 22 N–H and O–H groups in total. The van der Waals surface area contributed by atoms with E-state index in [9.17, 15) is 103 Å². The van der Waals surface area contributed by atoms with Crippen molar-refractivity contribution in [3.8, 4) is 5.75 Å². The second-order valence-electron chi connectivity index (χ2n) is 24.9. The number of aromatic nitrogens is 2. The van der Waals surface area contributed by atoms with Crippen molar-refractivity contribution in [2.24, 2.45) is 11.7 Å². The lowest BCUT2D eigenvalue weighted by molar-refractivity contribution is -0.150. The van der Waals surface area contributed by atoms with Gasteiger partial charge < -0.3 is 119 Å². The molecule has 2 aliphatic rings. The van der Waals surface area contributed by atoms with E-state index in [0.29, 0.717) is 34.6 Å². The molecule has 7 rings (SSSR count). The summed E-state index contributed by atoms with van der Waals surface area (Å²) in [4.78, 5) is 241. The average Bonchev–Trinajstić information content (AvgIpc) is 1.78. The number of aliphatic hydroxyl groups excluding tert-OH is 2. The lowest BCUT2D eigenvalue weighted by Gasteiger charge is -2.29. The maximum Gasteiger partial charge on any atom is 0.355 e. The van der Waals surface area contributed by atoms with Crippen molar-refractivity contribution in [2.45, 2.75) is 145 Å². The molecule has 5 unspecified atom stereocenters. The Morgan fingerprint density at radius 3 is 1.78 bits per heavy atom. The van der Waals surface area contributed by atoms with Crippen LogP contribution in [0, 0.1) is 5.92 Å². The molecule has 2 aromatic heterocycles. The van der Waals surface area contributed by atoms with E-state index in [1.54, 1.807) is 55.5 Å². The highest BCUT2D eigenvalue weighted by Gasteiger charge is 2.46. The molecule has 12 amide bonds. The number of phenolic OH excluding ortho intramolecular Hbond substituents is 1. The predicted molar refractivity (Wildman–Crippen MR) is 363 cm³/mol. The Kier molecular flexibility index (Phi) is 28.2. The van der Waals surface area contributed by atoms with E-state index < -0.39 is 242 Å². The SMILES string of the molecule is CCCC1OC1C(=O)N[C@@H](CO)C(=O)NC1C(=O)N[C@H](Cc2c[nH]c3ccccc23)C(=O)N[C@@H](CC(=O)O)C(=O)N[C@@H](CC(=O)O)C(=O)N[C@@H](c2ccc(O)cc2)C(=O)N[C@@H](CC(=O)O)C(=O)NCC(=O)N[C@H](C(O)C(N)=O)C(=O)N[C@@H](C(C)CC(=O)O)C(=O)N/C(=C/c2c[nH]c3ccccc23)C(=O)O[C@@H]1C. The molecular formula is C67H78N14O26. The molecule has 5 aromatic rings. The molecule has 4 heterocycles. The number of H-pyrrole nitrogens is 2. The van der Waals surface area contributed by atoms with Crippen LogP contribution in [-0.4, -0.2) is 232 Å². The summed E-state index contributed by atoms with van der Waals surface area (Å²) in [5.74, 6) is -28.5. The number of nitrogens with two attached hydrogens (primary N) is 1. The topological polar surface area (TPSA) is 643 Å². The fourth-order valence-electron chi connectivity index (χ4n) is 11.2. The average molecular weight is 1500 g/mol. The van der Waals surface area contributed by atoms with E-state index in [0.717, 1.165) is 44.2 Å². The minimum Gasteiger partial charge on any atom is -0.508 e. The summed E-state index contributed by atoms with van der Waals surface area (Å²) < 4.78 is 11.3. The Labute approximate surface area is 604 Å². The van der Waals surface area contributed by atoms with E-state index in [4.69, 9.17) is 15.2 Å². The number of carbonyl (C=O) groups is 17. The third-order valence-electron chi connectivity index (χ3n) is 16.8. The van der Waals surface area contributed by atoms with E-state index in [2.05, 4.69) is 47.2 Å². The monoisotopic (exact) mass is 1490 g/mol. The Bertz CT molecular complexity index is 4290. The number of amides is 12. The van der Waals surface area contributed by atoms with Gasteiger partial charge in [0.25, 0.3) is 5.91 Å². The molecule has 0 spiro atoms. The maximum atomic E-state index is 15.3. The van der Waals surface area contributed by atoms with Crippen LogP contribution in [0.2, 0.25) is 0 Å². The highest BCUT2D eigenvalue weighted by molar-refractivity contribution is 6.05. The van der Waals surface area contributed by atoms with Crippen LogP contribution in [0.3, 0.4) is 0 Å². The zero-order chi connectivity index (χ0) is 78.7. The van der Waals surface area contributed by atoms with Crippen LogP contribution >= 0.6 is 0 Å². The molecule has 40 nitrogen and oxygen atoms in total. The lowest BCUT2D eigenvalue weighted by atomic mass is 9.96. The number of benzene rings is 3. The highest BCUT2D eigenvalue weighted by atomic mass is 16.6. The Morgan fingerprint density at radius 1 is 0.636 bits per heavy atom. The zero-order valence-electron chi connectivity index (χ0n) is 57.1. The van der Waals surface area contributed by atoms with Crippen molar-refractivity contribution in [2.75, 3.05) is 13.2 Å². The van der Waals surface area contributed by atoms with Gasteiger partial charge in [-0.05, 0) is 60.7 Å². The van der Waals surface area contributed by atoms with Crippen LogP contribution in [0.1, 0.15) is 82.0 Å². The van der Waals surface area contributed by atoms with Gasteiger partial charge in [-0.3, -0.25) is 76.7 Å². The number of ether oxygens (including phenoxy) is 2. The van der Waals surface area contributed by atoms with Crippen LogP contribution in [0.15, 0.2) is 90.9 Å². The number of hydrogen-bond acceptors (Lipinski definition) is 22. The van der Waals surface area contributed by atoms with Gasteiger partial charge in [-0.25, -0.2) is 4.79 Å². The van der Waals surface area contributed by atoms with Gasteiger partial charge in [-0.15, -0.1) is 0 Å². The number of carboxylic acids is 4. The normalized spacial score (nSPS) is 24.1. The first kappa shape index (κ1) is 81.4. The molecule has 2 saturated heterocycles. The van der Waals surface area contributed by atoms with Crippen LogP contribution in [0.25, 0.3) is 27.9 Å². The zero-order valence-corrected chi connectivity index (χ0v) is 57.1. The first-order chi connectivity index (χ1) is 50.7. The van der Waals surface area contributed by atoms with Gasteiger partial charge in [-0.1, -0.05) is 68.8 Å². The summed E-state index contributed by atoms with van der Waals surface area (Å²) >= 11 is 0. The summed E-state index contributed by atoms with van der Waals surface area (Å²) in [7, 11) is 0. The number of cyclic esters (lactones) is 1. The van der Waals surface area contributed by atoms with Gasteiger partial charge in [0, 0.05) is 46.2 Å². The first-order valence-corrected chi connectivity index (χ1v) is 32.9. The smallest absolute Gasteiger partial charge is 0.355 e. The van der Waals surface area contributed by atoms with Crippen molar-refractivity contribution in [3.63, 3.8) is 0 Å². The number of phenols is 1. The number of carboxylic acid groups (broad SMARTS) is 4. The van der Waals surface area contributed by atoms with Gasteiger partial charge in [0.1, 0.15) is 71.9 Å². The van der Waals surface area contributed by atoms with E-state index in [-0.39, 0.29) is 16.7 Å². The number of hydrogen-bond donors (Lipinski definition) is 21. The first-order valence-electron chi connectivity index (χ1n) is 32.9. The molecule has 14 atom stereocenters. The van der Waals surface area contributed by atoms with Crippen molar-refractivity contribution in [3.05, 3.63) is 108 Å². The molecule has 107 heavy (non-hydrogen) atoms. The van der Waals surface area contributed by atoms with Crippen LogP contribution in [-0.2, 0) is 97.4 Å². The van der Waals surface area contributed by atoms with Crippen LogP contribution in [0.5, 0.6) is 5.75 Å². The van der Waals surface area contributed by atoms with Gasteiger partial charge in [0.05, 0.1) is 44.9 Å². The number of epoxide rings is 1. The van der Waals surface area contributed by atoms with E-state index in [1.807, 2.05) is 21.3 Å². The number of esters is 1. The number of rotatable bonds is 22. The van der Waals surface area contributed by atoms with Gasteiger partial charge in [-0.2, -0.15) is 0 Å². The molecule has 0 bridgehead atoms. The molecule has 0 aliphatic carbocycles. The molecule has 3 aromatic carbocycles. The van der Waals surface area contributed by atoms with Crippen LogP contribution < -0.4 is 64.2 Å². The Hall–Kier alpha value is -12.9. The number of aromatic amines is 2. The second kappa shape index (κ2) is 37.0. The third kappa shape index (κ3) is 22.6. The maximum absolute atomic E-state index is 15.3. The number of aromatic hydroxyl groups is 1. The van der Waals surface area contributed by atoms with Gasteiger partial charge in [0.15, 0.2) is 12.2 Å². The number of fused-ring (bicyclic) bond motifs is 2.